The summed E-state index contributed by atoms with van der Waals surface area (Å²) in [7, 11) is 3.89. The number of benzene rings is 1. The molecule has 17 heavy (non-hydrogen) atoms. The second-order valence-electron chi connectivity index (χ2n) is 3.74. The van der Waals surface area contributed by atoms with Crippen LogP contribution in [-0.2, 0) is 16.0 Å². The first-order valence-electron chi connectivity index (χ1n) is 5.57. The average molecular weight is 277 g/mol. The van der Waals surface area contributed by atoms with Crippen LogP contribution in [0.5, 0.6) is 0 Å². The number of ether oxygens (including phenoxy) is 1. The van der Waals surface area contributed by atoms with Gasteiger partial charge in [-0.2, -0.15) is 0 Å². The predicted octanol–water partition coefficient (Wildman–Crippen LogP) is 2.64. The molecule has 94 valence electrons. The van der Waals surface area contributed by atoms with Gasteiger partial charge < -0.3 is 9.64 Å². The van der Waals surface area contributed by atoms with E-state index >= 15 is 0 Å². The van der Waals surface area contributed by atoms with Gasteiger partial charge in [0.15, 0.2) is 0 Å². The number of esters is 1. The van der Waals surface area contributed by atoms with Crippen LogP contribution in [0.3, 0.4) is 0 Å². The highest BCUT2D eigenvalue weighted by atomic mass is 35.5. The molecule has 1 rings (SSSR count). The molecule has 0 heterocycles. The highest BCUT2D eigenvalue weighted by Gasteiger charge is 2.07. The lowest BCUT2D eigenvalue weighted by Crippen LogP contribution is -2.13. The molecule has 0 N–H and O–H groups in total. The monoisotopic (exact) mass is 276 g/mol. The van der Waals surface area contributed by atoms with Crippen molar-refractivity contribution in [1.82, 2.24) is 0 Å². The Kier molecular flexibility index (Phi) is 4.95. The molecule has 1 aromatic rings. The van der Waals surface area contributed by atoms with Gasteiger partial charge in [0.2, 0.25) is 0 Å². The number of hydrogen-bond donors (Lipinski definition) is 0. The van der Waals surface area contributed by atoms with Gasteiger partial charge in [-0.3, -0.25) is 4.79 Å². The zero-order valence-electron chi connectivity index (χ0n) is 10.7. The second kappa shape index (κ2) is 6.72. The summed E-state index contributed by atoms with van der Waals surface area (Å²) in [5.74, 6) is -0.453. The molecule has 3 nitrogen and oxygen atoms in total. The molecule has 0 radical (unpaired) electrons. The number of rotatable bonds is 5. The summed E-state index contributed by atoms with van der Waals surface area (Å²) in [5.41, 5.74) is 1.89. The zero-order valence-corrected chi connectivity index (χ0v) is 11.3. The number of carbonyl (C=O) groups is 1. The van der Waals surface area contributed by atoms with Crippen molar-refractivity contribution in [3.05, 3.63) is 29.8 Å². The molecule has 0 spiro atoms. The normalized spacial score (nSPS) is 11.9. The molecule has 0 atom stereocenters. The van der Waals surface area contributed by atoms with Crippen molar-refractivity contribution in [1.29, 1.82) is 0 Å². The van der Waals surface area contributed by atoms with Crippen LogP contribution in [0.25, 0.3) is 0 Å². The largest absolute Gasteiger partial charge is 0.463 e. The van der Waals surface area contributed by atoms with E-state index in [2.05, 4.69) is 0 Å². The SMILES string of the molecule is [2H]C(Cl)(Cl)COC(=O)Cc1ccc(N(C)C)cc1. The third kappa shape index (κ3) is 5.29. The Morgan fingerprint density at radius 1 is 1.41 bits per heavy atom. The van der Waals surface area contributed by atoms with Crippen LogP contribution in [-0.4, -0.2) is 31.5 Å². The van der Waals surface area contributed by atoms with E-state index < -0.39 is 10.8 Å². The van der Waals surface area contributed by atoms with Crippen molar-refractivity contribution >= 4 is 34.9 Å². The molecular weight excluding hydrogens is 261 g/mol. The van der Waals surface area contributed by atoms with Crippen LogP contribution in [0.1, 0.15) is 6.93 Å². The van der Waals surface area contributed by atoms with Crippen LogP contribution < -0.4 is 4.90 Å². The lowest BCUT2D eigenvalue weighted by Gasteiger charge is -2.12. The molecule has 0 fully saturated rings. The van der Waals surface area contributed by atoms with Crippen LogP contribution >= 0.6 is 23.2 Å². The number of nitrogens with zero attached hydrogens (tertiary/aromatic N) is 1. The fourth-order valence-corrected chi connectivity index (χ4v) is 1.37. The Balaban J connectivity index is 2.50. The quantitative estimate of drug-likeness (QED) is 0.612. The number of halogens is 2. The summed E-state index contributed by atoms with van der Waals surface area (Å²) < 4.78 is 11.9. The minimum Gasteiger partial charge on any atom is -0.463 e. The first kappa shape index (κ1) is 12.5. The Bertz CT molecular complexity index is 402. The van der Waals surface area contributed by atoms with Gasteiger partial charge in [-0.25, -0.2) is 0 Å². The van der Waals surface area contributed by atoms with Gasteiger partial charge in [0.05, 0.1) is 7.79 Å². The fraction of sp³-hybridized carbons (Fsp3) is 0.417. The Morgan fingerprint density at radius 2 is 2.00 bits per heavy atom. The number of anilines is 1. The average Bonchev–Trinajstić information content (AvgIpc) is 2.26. The Hall–Kier alpha value is -0.930. The van der Waals surface area contributed by atoms with Crippen LogP contribution in [0.2, 0.25) is 0 Å². The molecule has 0 unspecified atom stereocenters. The number of alkyl halides is 2. The van der Waals surface area contributed by atoms with Gasteiger partial charge in [0.1, 0.15) is 11.4 Å². The smallest absolute Gasteiger partial charge is 0.310 e. The Labute approximate surface area is 113 Å². The predicted molar refractivity (Wildman–Crippen MR) is 70.9 cm³/mol. The van der Waals surface area contributed by atoms with E-state index in [4.69, 9.17) is 29.3 Å². The van der Waals surface area contributed by atoms with E-state index in [0.717, 1.165) is 11.3 Å². The highest BCUT2D eigenvalue weighted by molar-refractivity contribution is 6.44. The minimum atomic E-state index is -1.79. The molecule has 0 aliphatic rings. The molecule has 0 aliphatic heterocycles. The molecule has 0 bridgehead atoms. The third-order valence-corrected chi connectivity index (χ3v) is 2.36. The Morgan fingerprint density at radius 3 is 2.47 bits per heavy atom. The number of carbonyl (C=O) groups excluding carboxylic acids is 1. The first-order valence-corrected chi connectivity index (χ1v) is 5.83. The lowest BCUT2D eigenvalue weighted by atomic mass is 10.1. The highest BCUT2D eigenvalue weighted by Crippen LogP contribution is 2.13. The summed E-state index contributed by atoms with van der Waals surface area (Å²) >= 11 is 10.8. The molecule has 0 saturated heterocycles. The summed E-state index contributed by atoms with van der Waals surface area (Å²) in [4.78, 5) is 11.6. The van der Waals surface area contributed by atoms with Gasteiger partial charge in [0.25, 0.3) is 0 Å². The van der Waals surface area contributed by atoms with E-state index in [1.54, 1.807) is 0 Å². The summed E-state index contributed by atoms with van der Waals surface area (Å²) in [6.07, 6.45) is 0.136. The van der Waals surface area contributed by atoms with Gasteiger partial charge in [-0.15, -0.1) is 23.2 Å². The van der Waals surface area contributed by atoms with E-state index in [1.807, 2.05) is 43.3 Å². The van der Waals surface area contributed by atoms with Crippen molar-refractivity contribution in [2.75, 3.05) is 25.6 Å². The molecule has 0 aromatic heterocycles. The van der Waals surface area contributed by atoms with Crippen molar-refractivity contribution in [3.8, 4) is 0 Å². The molecule has 0 aliphatic carbocycles. The van der Waals surface area contributed by atoms with Crippen molar-refractivity contribution in [2.45, 2.75) is 11.2 Å². The molecule has 0 amide bonds. The summed E-state index contributed by atoms with van der Waals surface area (Å²) in [5, 5.41) is 0. The van der Waals surface area contributed by atoms with Crippen LogP contribution in [0.4, 0.5) is 5.69 Å². The molecular formula is C12H15Cl2NO2. The van der Waals surface area contributed by atoms with Crippen molar-refractivity contribution in [3.63, 3.8) is 0 Å². The molecule has 1 aromatic carbocycles. The zero-order chi connectivity index (χ0) is 13.8. The lowest BCUT2D eigenvalue weighted by molar-refractivity contribution is -0.142. The second-order valence-corrected chi connectivity index (χ2v) is 4.84. The minimum absolute atomic E-state index is 0.136. The maximum Gasteiger partial charge on any atom is 0.310 e. The summed E-state index contributed by atoms with van der Waals surface area (Å²) in [6, 6.07) is 7.54. The van der Waals surface area contributed by atoms with Crippen molar-refractivity contribution < 1.29 is 10.9 Å². The summed E-state index contributed by atoms with van der Waals surface area (Å²) in [6.45, 7) is -0.343. The molecule has 0 saturated carbocycles. The van der Waals surface area contributed by atoms with E-state index in [1.165, 1.54) is 0 Å². The molecule has 5 heteroatoms. The maximum absolute atomic E-state index is 11.4. The first-order chi connectivity index (χ1) is 8.28. The van der Waals surface area contributed by atoms with E-state index in [9.17, 15) is 4.79 Å². The maximum atomic E-state index is 11.4. The van der Waals surface area contributed by atoms with Gasteiger partial charge >= 0.3 is 5.97 Å². The third-order valence-electron chi connectivity index (χ3n) is 2.14. The topological polar surface area (TPSA) is 29.5 Å². The van der Waals surface area contributed by atoms with Crippen molar-refractivity contribution in [2.24, 2.45) is 0 Å². The standard InChI is InChI=1S/C12H15Cl2NO2/c1-15(2)10-5-3-9(4-6-10)7-12(16)17-8-11(13)14/h3-6,11H,7-8H2,1-2H3/i11D. The fourth-order valence-electron chi connectivity index (χ4n) is 1.26. The van der Waals surface area contributed by atoms with Gasteiger partial charge in [0, 0.05) is 19.8 Å². The number of hydrogen-bond acceptors (Lipinski definition) is 3. The van der Waals surface area contributed by atoms with E-state index in [-0.39, 0.29) is 13.0 Å². The van der Waals surface area contributed by atoms with Gasteiger partial charge in [-0.1, -0.05) is 12.1 Å². The van der Waals surface area contributed by atoms with Crippen LogP contribution in [0.15, 0.2) is 24.3 Å². The van der Waals surface area contributed by atoms with E-state index in [0.29, 0.717) is 0 Å². The van der Waals surface area contributed by atoms with Crippen LogP contribution in [0, 0.1) is 0 Å². The van der Waals surface area contributed by atoms with Gasteiger partial charge in [-0.05, 0) is 17.7 Å².